The fourth-order valence-electron chi connectivity index (χ4n) is 3.03. The minimum absolute atomic E-state index is 0.116. The summed E-state index contributed by atoms with van der Waals surface area (Å²) in [5.74, 6) is 1.09. The number of fused-ring (bicyclic) bond motifs is 1. The van der Waals surface area contributed by atoms with Gasteiger partial charge in [-0.05, 0) is 49.8 Å². The van der Waals surface area contributed by atoms with Crippen molar-refractivity contribution in [2.24, 2.45) is 5.73 Å². The normalized spacial score (nSPS) is 23.1. The SMILES string of the molecule is CC(N)c1ccc2c(c1)CC1(CCCC1)O2. The summed E-state index contributed by atoms with van der Waals surface area (Å²) in [5, 5.41) is 0. The molecular weight excluding hydrogens is 198 g/mol. The molecule has 1 aliphatic heterocycles. The molecule has 0 saturated heterocycles. The van der Waals surface area contributed by atoms with Crippen molar-refractivity contribution >= 4 is 0 Å². The van der Waals surface area contributed by atoms with Gasteiger partial charge in [0.25, 0.3) is 0 Å². The molecule has 1 aliphatic carbocycles. The molecule has 1 unspecified atom stereocenters. The van der Waals surface area contributed by atoms with Crippen molar-refractivity contribution in [1.82, 2.24) is 0 Å². The lowest BCUT2D eigenvalue weighted by Crippen LogP contribution is -2.29. The smallest absolute Gasteiger partial charge is 0.123 e. The summed E-state index contributed by atoms with van der Waals surface area (Å²) >= 11 is 0. The summed E-state index contributed by atoms with van der Waals surface area (Å²) in [6.07, 6.45) is 6.15. The van der Waals surface area contributed by atoms with E-state index in [1.807, 2.05) is 6.92 Å². The van der Waals surface area contributed by atoms with E-state index in [9.17, 15) is 0 Å². The summed E-state index contributed by atoms with van der Waals surface area (Å²) in [4.78, 5) is 0. The van der Waals surface area contributed by atoms with Gasteiger partial charge in [0.1, 0.15) is 11.4 Å². The zero-order valence-electron chi connectivity index (χ0n) is 9.83. The van der Waals surface area contributed by atoms with Gasteiger partial charge in [-0.15, -0.1) is 0 Å². The second-order valence-electron chi connectivity index (χ2n) is 5.32. The fraction of sp³-hybridized carbons (Fsp3) is 0.571. The first-order chi connectivity index (χ1) is 7.69. The van der Waals surface area contributed by atoms with Crippen LogP contribution in [0.1, 0.15) is 49.8 Å². The maximum atomic E-state index is 6.15. The van der Waals surface area contributed by atoms with E-state index in [1.165, 1.54) is 36.8 Å². The molecule has 1 aromatic rings. The van der Waals surface area contributed by atoms with E-state index in [0.29, 0.717) is 0 Å². The van der Waals surface area contributed by atoms with Gasteiger partial charge in [0.15, 0.2) is 0 Å². The number of rotatable bonds is 1. The Morgan fingerprint density at radius 1 is 1.31 bits per heavy atom. The highest BCUT2D eigenvalue weighted by atomic mass is 16.5. The number of hydrogen-bond acceptors (Lipinski definition) is 2. The Labute approximate surface area is 96.8 Å². The predicted molar refractivity (Wildman–Crippen MR) is 64.6 cm³/mol. The van der Waals surface area contributed by atoms with Crippen molar-refractivity contribution in [2.75, 3.05) is 0 Å². The minimum Gasteiger partial charge on any atom is -0.487 e. The molecule has 2 N–H and O–H groups in total. The van der Waals surface area contributed by atoms with E-state index in [2.05, 4.69) is 18.2 Å². The quantitative estimate of drug-likeness (QED) is 0.785. The van der Waals surface area contributed by atoms with Crippen molar-refractivity contribution in [1.29, 1.82) is 0 Å². The largest absolute Gasteiger partial charge is 0.487 e. The van der Waals surface area contributed by atoms with E-state index < -0.39 is 0 Å². The standard InChI is InChI=1S/C14H19NO/c1-10(15)11-4-5-13-12(8-11)9-14(16-13)6-2-3-7-14/h4-5,8,10H,2-3,6-7,9,15H2,1H3. The molecule has 1 fully saturated rings. The third kappa shape index (κ3) is 1.52. The van der Waals surface area contributed by atoms with Crippen LogP contribution in [0.25, 0.3) is 0 Å². The third-order valence-corrected chi connectivity index (χ3v) is 3.96. The summed E-state index contributed by atoms with van der Waals surface area (Å²) in [6.45, 7) is 2.03. The molecule has 1 atom stereocenters. The number of hydrogen-bond donors (Lipinski definition) is 1. The molecule has 0 bridgehead atoms. The summed E-state index contributed by atoms with van der Waals surface area (Å²) in [6, 6.07) is 6.54. The summed E-state index contributed by atoms with van der Waals surface area (Å²) in [7, 11) is 0. The topological polar surface area (TPSA) is 35.2 Å². The minimum atomic E-state index is 0.116. The van der Waals surface area contributed by atoms with Gasteiger partial charge in [-0.3, -0.25) is 0 Å². The summed E-state index contributed by atoms with van der Waals surface area (Å²) < 4.78 is 6.15. The Kier molecular flexibility index (Phi) is 2.21. The fourth-order valence-corrected chi connectivity index (χ4v) is 3.03. The molecule has 2 aliphatic rings. The molecule has 0 amide bonds. The van der Waals surface area contributed by atoms with Crippen LogP contribution in [0.4, 0.5) is 0 Å². The van der Waals surface area contributed by atoms with Gasteiger partial charge < -0.3 is 10.5 Å². The van der Waals surface area contributed by atoms with E-state index in [4.69, 9.17) is 10.5 Å². The Hall–Kier alpha value is -1.02. The first kappa shape index (κ1) is 10.2. The second kappa shape index (κ2) is 3.49. The highest BCUT2D eigenvalue weighted by molar-refractivity contribution is 5.43. The van der Waals surface area contributed by atoms with E-state index in [1.54, 1.807) is 0 Å². The van der Waals surface area contributed by atoms with Crippen molar-refractivity contribution in [3.05, 3.63) is 29.3 Å². The average molecular weight is 217 g/mol. The van der Waals surface area contributed by atoms with Crippen molar-refractivity contribution < 1.29 is 4.74 Å². The maximum Gasteiger partial charge on any atom is 0.123 e. The first-order valence-corrected chi connectivity index (χ1v) is 6.26. The van der Waals surface area contributed by atoms with Crippen molar-refractivity contribution in [2.45, 2.75) is 50.7 Å². The van der Waals surface area contributed by atoms with Crippen LogP contribution in [0.2, 0.25) is 0 Å². The van der Waals surface area contributed by atoms with Gasteiger partial charge in [-0.25, -0.2) is 0 Å². The van der Waals surface area contributed by atoms with Crippen molar-refractivity contribution in [3.8, 4) is 5.75 Å². The molecular formula is C14H19NO. The monoisotopic (exact) mass is 217 g/mol. The molecule has 0 radical (unpaired) electrons. The Morgan fingerprint density at radius 3 is 2.75 bits per heavy atom. The van der Waals surface area contributed by atoms with E-state index in [-0.39, 0.29) is 11.6 Å². The van der Waals surface area contributed by atoms with Crippen LogP contribution < -0.4 is 10.5 Å². The molecule has 2 heteroatoms. The van der Waals surface area contributed by atoms with Crippen LogP contribution >= 0.6 is 0 Å². The Morgan fingerprint density at radius 2 is 2.06 bits per heavy atom. The van der Waals surface area contributed by atoms with Crippen molar-refractivity contribution in [3.63, 3.8) is 0 Å². The van der Waals surface area contributed by atoms with Gasteiger partial charge in [0.05, 0.1) is 0 Å². The average Bonchev–Trinajstić information content (AvgIpc) is 2.84. The van der Waals surface area contributed by atoms with E-state index in [0.717, 1.165) is 12.2 Å². The van der Waals surface area contributed by atoms with Gasteiger partial charge in [-0.2, -0.15) is 0 Å². The lowest BCUT2D eigenvalue weighted by Gasteiger charge is -2.22. The number of ether oxygens (including phenoxy) is 1. The second-order valence-corrected chi connectivity index (χ2v) is 5.32. The number of benzene rings is 1. The lowest BCUT2D eigenvalue weighted by molar-refractivity contribution is 0.103. The number of nitrogens with two attached hydrogens (primary N) is 1. The molecule has 2 nitrogen and oxygen atoms in total. The first-order valence-electron chi connectivity index (χ1n) is 6.26. The maximum absolute atomic E-state index is 6.15. The lowest BCUT2D eigenvalue weighted by atomic mass is 9.94. The molecule has 86 valence electrons. The molecule has 16 heavy (non-hydrogen) atoms. The zero-order valence-corrected chi connectivity index (χ0v) is 9.83. The van der Waals surface area contributed by atoms with Crippen LogP contribution in [-0.2, 0) is 6.42 Å². The third-order valence-electron chi connectivity index (χ3n) is 3.96. The van der Waals surface area contributed by atoms with Crippen LogP contribution in [0.15, 0.2) is 18.2 Å². The molecule has 0 aromatic heterocycles. The highest BCUT2D eigenvalue weighted by Gasteiger charge is 2.41. The summed E-state index contributed by atoms with van der Waals surface area (Å²) in [5.41, 5.74) is 8.63. The molecule has 3 rings (SSSR count). The van der Waals surface area contributed by atoms with Gasteiger partial charge >= 0.3 is 0 Å². The molecule has 1 aromatic carbocycles. The Balaban J connectivity index is 1.91. The van der Waals surface area contributed by atoms with Gasteiger partial charge in [0.2, 0.25) is 0 Å². The molecule has 1 heterocycles. The van der Waals surface area contributed by atoms with Crippen LogP contribution in [-0.4, -0.2) is 5.60 Å². The predicted octanol–water partition coefficient (Wildman–Crippen LogP) is 2.95. The Bertz CT molecular complexity index is 405. The van der Waals surface area contributed by atoms with Crippen LogP contribution in [0.3, 0.4) is 0 Å². The zero-order chi connectivity index (χ0) is 11.2. The van der Waals surface area contributed by atoms with Crippen LogP contribution in [0.5, 0.6) is 5.75 Å². The van der Waals surface area contributed by atoms with Gasteiger partial charge in [-0.1, -0.05) is 12.1 Å². The highest BCUT2D eigenvalue weighted by Crippen LogP contribution is 2.44. The molecule has 1 spiro atoms. The van der Waals surface area contributed by atoms with Gasteiger partial charge in [0, 0.05) is 12.5 Å². The van der Waals surface area contributed by atoms with Crippen LogP contribution in [0, 0.1) is 0 Å². The van der Waals surface area contributed by atoms with E-state index >= 15 is 0 Å². The molecule has 1 saturated carbocycles.